The SMILES string of the molecule is CCC(=O)c1c(C)nn(C2CCOC3(CCC3)C2)c1C. The first-order valence-electron chi connectivity index (χ1n) is 7.79. The van der Waals surface area contributed by atoms with Gasteiger partial charge < -0.3 is 4.74 Å². The molecule has 1 atom stereocenters. The molecule has 1 saturated carbocycles. The number of aryl methyl sites for hydroxylation is 1. The standard InChI is InChI=1S/C16H24N2O2/c1-4-14(19)15-11(2)17-18(12(15)3)13-6-9-20-16(10-13)7-5-8-16/h13H,4-10H2,1-3H3. The largest absolute Gasteiger partial charge is 0.375 e. The van der Waals surface area contributed by atoms with Gasteiger partial charge in [-0.2, -0.15) is 5.10 Å². The number of nitrogens with zero attached hydrogens (tertiary/aromatic N) is 2. The van der Waals surface area contributed by atoms with Crippen LogP contribution in [0.5, 0.6) is 0 Å². The summed E-state index contributed by atoms with van der Waals surface area (Å²) in [6.07, 6.45) is 6.25. The lowest BCUT2D eigenvalue weighted by atomic mass is 9.74. The van der Waals surface area contributed by atoms with E-state index in [2.05, 4.69) is 9.78 Å². The van der Waals surface area contributed by atoms with Gasteiger partial charge in [-0.25, -0.2) is 0 Å². The third-order valence-corrected chi connectivity index (χ3v) is 5.00. The molecular weight excluding hydrogens is 252 g/mol. The maximum absolute atomic E-state index is 12.1. The number of Topliss-reactive ketones (excluding diaryl/α,β-unsaturated/α-hetero) is 1. The molecule has 1 aliphatic heterocycles. The van der Waals surface area contributed by atoms with Crippen LogP contribution >= 0.6 is 0 Å². The van der Waals surface area contributed by atoms with Crippen molar-refractivity contribution in [3.63, 3.8) is 0 Å². The average Bonchev–Trinajstić information content (AvgIpc) is 2.72. The Morgan fingerprint density at radius 3 is 2.80 bits per heavy atom. The quantitative estimate of drug-likeness (QED) is 0.795. The fourth-order valence-corrected chi connectivity index (χ4v) is 3.73. The summed E-state index contributed by atoms with van der Waals surface area (Å²) in [6, 6.07) is 0.390. The summed E-state index contributed by atoms with van der Waals surface area (Å²) in [7, 11) is 0. The topological polar surface area (TPSA) is 44.1 Å². The Hall–Kier alpha value is -1.16. The lowest BCUT2D eigenvalue weighted by Crippen LogP contribution is -2.46. The molecule has 0 aromatic carbocycles. The van der Waals surface area contributed by atoms with Gasteiger partial charge in [0, 0.05) is 18.7 Å². The Bertz CT molecular complexity index is 529. The summed E-state index contributed by atoms with van der Waals surface area (Å²) in [5.41, 5.74) is 2.87. The van der Waals surface area contributed by atoms with Crippen molar-refractivity contribution in [1.82, 2.24) is 9.78 Å². The van der Waals surface area contributed by atoms with E-state index in [9.17, 15) is 4.79 Å². The molecule has 2 aliphatic rings. The molecule has 4 nitrogen and oxygen atoms in total. The summed E-state index contributed by atoms with van der Waals surface area (Å²) in [6.45, 7) is 6.72. The lowest BCUT2D eigenvalue weighted by Gasteiger charge is -2.47. The van der Waals surface area contributed by atoms with Gasteiger partial charge in [0.25, 0.3) is 0 Å². The minimum Gasteiger partial charge on any atom is -0.375 e. The van der Waals surface area contributed by atoms with E-state index in [1.807, 2.05) is 20.8 Å². The second-order valence-electron chi connectivity index (χ2n) is 6.30. The highest BCUT2D eigenvalue weighted by Crippen LogP contribution is 2.45. The molecule has 4 heteroatoms. The Morgan fingerprint density at radius 2 is 2.20 bits per heavy atom. The number of carbonyl (C=O) groups excluding carboxylic acids is 1. The normalized spacial score (nSPS) is 24.6. The zero-order valence-corrected chi connectivity index (χ0v) is 12.7. The third kappa shape index (κ3) is 2.10. The zero-order valence-electron chi connectivity index (χ0n) is 12.7. The Morgan fingerprint density at radius 1 is 1.45 bits per heavy atom. The van der Waals surface area contributed by atoms with E-state index < -0.39 is 0 Å². The predicted octanol–water partition coefficient (Wildman–Crippen LogP) is 3.37. The molecular formula is C16H24N2O2. The van der Waals surface area contributed by atoms with Crippen molar-refractivity contribution in [2.75, 3.05) is 6.61 Å². The number of ketones is 1. The second kappa shape index (κ2) is 4.99. The van der Waals surface area contributed by atoms with E-state index in [1.54, 1.807) is 0 Å². The molecule has 0 N–H and O–H groups in total. The molecule has 2 fully saturated rings. The van der Waals surface area contributed by atoms with Crippen molar-refractivity contribution in [3.05, 3.63) is 17.0 Å². The van der Waals surface area contributed by atoms with E-state index in [-0.39, 0.29) is 11.4 Å². The van der Waals surface area contributed by atoms with Gasteiger partial charge in [0.15, 0.2) is 5.78 Å². The third-order valence-electron chi connectivity index (χ3n) is 5.00. The number of aromatic nitrogens is 2. The van der Waals surface area contributed by atoms with Crippen LogP contribution in [0.15, 0.2) is 0 Å². The number of rotatable bonds is 3. The molecule has 2 heterocycles. The molecule has 1 unspecified atom stereocenters. The summed E-state index contributed by atoms with van der Waals surface area (Å²) < 4.78 is 8.09. The van der Waals surface area contributed by atoms with Crippen LogP contribution in [0, 0.1) is 13.8 Å². The van der Waals surface area contributed by atoms with Gasteiger partial charge >= 0.3 is 0 Å². The minimum absolute atomic E-state index is 0.115. The molecule has 0 bridgehead atoms. The monoisotopic (exact) mass is 276 g/mol. The molecule has 3 rings (SSSR count). The minimum atomic E-state index is 0.115. The van der Waals surface area contributed by atoms with Crippen LogP contribution < -0.4 is 0 Å². The molecule has 1 saturated heterocycles. The second-order valence-corrected chi connectivity index (χ2v) is 6.30. The van der Waals surface area contributed by atoms with Crippen LogP contribution in [-0.2, 0) is 4.74 Å². The summed E-state index contributed by atoms with van der Waals surface area (Å²) in [4.78, 5) is 12.1. The van der Waals surface area contributed by atoms with E-state index in [1.165, 1.54) is 19.3 Å². The summed E-state index contributed by atoms with van der Waals surface area (Å²) >= 11 is 0. The smallest absolute Gasteiger partial charge is 0.166 e. The van der Waals surface area contributed by atoms with E-state index >= 15 is 0 Å². The van der Waals surface area contributed by atoms with Crippen LogP contribution in [0.1, 0.15) is 73.2 Å². The van der Waals surface area contributed by atoms with Gasteiger partial charge in [-0.1, -0.05) is 6.92 Å². The van der Waals surface area contributed by atoms with E-state index in [4.69, 9.17) is 4.74 Å². The first-order valence-corrected chi connectivity index (χ1v) is 7.79. The molecule has 0 amide bonds. The van der Waals surface area contributed by atoms with Crippen LogP contribution in [0.4, 0.5) is 0 Å². The van der Waals surface area contributed by atoms with Crippen molar-refractivity contribution in [2.24, 2.45) is 0 Å². The number of ether oxygens (including phenoxy) is 1. The average molecular weight is 276 g/mol. The van der Waals surface area contributed by atoms with Crippen molar-refractivity contribution in [3.8, 4) is 0 Å². The van der Waals surface area contributed by atoms with Crippen molar-refractivity contribution < 1.29 is 9.53 Å². The molecule has 20 heavy (non-hydrogen) atoms. The highest BCUT2D eigenvalue weighted by atomic mass is 16.5. The molecule has 1 aromatic rings. The van der Waals surface area contributed by atoms with Crippen molar-refractivity contribution in [2.45, 2.75) is 70.9 Å². The molecule has 0 radical (unpaired) electrons. The van der Waals surface area contributed by atoms with Crippen molar-refractivity contribution in [1.29, 1.82) is 0 Å². The first kappa shape index (κ1) is 13.8. The van der Waals surface area contributed by atoms with E-state index in [0.717, 1.165) is 36.4 Å². The van der Waals surface area contributed by atoms with Crippen LogP contribution in [-0.4, -0.2) is 27.8 Å². The fourth-order valence-electron chi connectivity index (χ4n) is 3.73. The Kier molecular flexibility index (Phi) is 3.44. The van der Waals surface area contributed by atoms with Crippen LogP contribution in [0.2, 0.25) is 0 Å². The van der Waals surface area contributed by atoms with Gasteiger partial charge in [-0.3, -0.25) is 9.48 Å². The van der Waals surface area contributed by atoms with Crippen LogP contribution in [0.3, 0.4) is 0 Å². The van der Waals surface area contributed by atoms with Gasteiger partial charge in [0.1, 0.15) is 0 Å². The van der Waals surface area contributed by atoms with Crippen LogP contribution in [0.25, 0.3) is 0 Å². The summed E-state index contributed by atoms with van der Waals surface area (Å²) in [5, 5.41) is 4.67. The predicted molar refractivity (Wildman–Crippen MR) is 77.1 cm³/mol. The fraction of sp³-hybridized carbons (Fsp3) is 0.750. The molecule has 1 spiro atoms. The van der Waals surface area contributed by atoms with Crippen molar-refractivity contribution >= 4 is 5.78 Å². The maximum Gasteiger partial charge on any atom is 0.166 e. The van der Waals surface area contributed by atoms with Gasteiger partial charge in [-0.15, -0.1) is 0 Å². The Labute approximate surface area is 120 Å². The number of carbonyl (C=O) groups is 1. The maximum atomic E-state index is 12.1. The molecule has 1 aromatic heterocycles. The van der Waals surface area contributed by atoms with Gasteiger partial charge in [0.2, 0.25) is 0 Å². The van der Waals surface area contributed by atoms with Gasteiger partial charge in [-0.05, 0) is 46.0 Å². The summed E-state index contributed by atoms with van der Waals surface area (Å²) in [5.74, 6) is 0.205. The van der Waals surface area contributed by atoms with E-state index in [0.29, 0.717) is 12.5 Å². The highest BCUT2D eigenvalue weighted by molar-refractivity contribution is 5.97. The van der Waals surface area contributed by atoms with Gasteiger partial charge in [0.05, 0.1) is 22.9 Å². The number of hydrogen-bond donors (Lipinski definition) is 0. The highest BCUT2D eigenvalue weighted by Gasteiger charge is 2.43. The molecule has 1 aliphatic carbocycles. The molecule has 110 valence electrons. The zero-order chi connectivity index (χ0) is 14.3. The number of hydrogen-bond acceptors (Lipinski definition) is 3. The first-order chi connectivity index (χ1) is 9.56. The Balaban J connectivity index is 1.88. The lowest BCUT2D eigenvalue weighted by molar-refractivity contribution is -0.141.